The smallest absolute Gasteiger partial charge is 0.255 e. The van der Waals surface area contributed by atoms with Crippen molar-refractivity contribution in [1.82, 2.24) is 15.3 Å². The number of aromatic nitrogens is 2. The molecular weight excluding hydrogens is 610 g/mol. The fourth-order valence-corrected chi connectivity index (χ4v) is 6.07. The number of carbonyl (C=O) groups excluding carboxylic acids is 1. The van der Waals surface area contributed by atoms with Crippen LogP contribution in [0, 0.1) is 11.6 Å². The number of aromatic amines is 1. The first kappa shape index (κ1) is 31.3. The van der Waals surface area contributed by atoms with E-state index in [0.29, 0.717) is 68.6 Å². The number of furan rings is 1. The lowest BCUT2D eigenvalue weighted by Crippen LogP contribution is -2.25. The van der Waals surface area contributed by atoms with Crippen LogP contribution in [-0.2, 0) is 17.8 Å². The Hall–Kier alpha value is -4.71. The highest BCUT2D eigenvalue weighted by Crippen LogP contribution is 2.42. The number of fused-ring (bicyclic) bond motifs is 2. The Morgan fingerprint density at radius 1 is 1.07 bits per heavy atom. The van der Waals surface area contributed by atoms with Gasteiger partial charge in [-0.25, -0.2) is 13.8 Å². The number of unbranched alkanes of at least 4 members (excludes halogenated alkanes) is 1. The van der Waals surface area contributed by atoms with Gasteiger partial charge in [-0.05, 0) is 79.4 Å². The molecule has 1 atom stereocenters. The highest BCUT2D eigenvalue weighted by atomic mass is 32.2. The second kappa shape index (κ2) is 13.0. The molecule has 11 heteroatoms. The van der Waals surface area contributed by atoms with Gasteiger partial charge in [0.1, 0.15) is 29.2 Å². The first-order valence-corrected chi connectivity index (χ1v) is 16.3. The van der Waals surface area contributed by atoms with Crippen LogP contribution in [0.25, 0.3) is 55.8 Å². The molecule has 3 heterocycles. The Labute approximate surface area is 267 Å². The number of carbonyl (C=O) groups is 1. The molecule has 0 radical (unpaired) electrons. The maximum Gasteiger partial charge on any atom is 0.255 e. The van der Waals surface area contributed by atoms with E-state index in [0.717, 1.165) is 12.0 Å². The summed E-state index contributed by atoms with van der Waals surface area (Å²) in [7, 11) is 3.21. The summed E-state index contributed by atoms with van der Waals surface area (Å²) in [5.74, 6) is -0.892. The molecule has 46 heavy (non-hydrogen) atoms. The minimum atomic E-state index is -1.43. The van der Waals surface area contributed by atoms with Crippen molar-refractivity contribution in [3.8, 4) is 34.0 Å². The summed E-state index contributed by atoms with van der Waals surface area (Å²) in [6.07, 6.45) is 3.54. The Kier molecular flexibility index (Phi) is 8.81. The van der Waals surface area contributed by atoms with Crippen molar-refractivity contribution in [2.75, 3.05) is 31.3 Å². The van der Waals surface area contributed by atoms with E-state index in [1.807, 2.05) is 12.1 Å². The first-order chi connectivity index (χ1) is 22.2. The van der Waals surface area contributed by atoms with Crippen LogP contribution in [0.1, 0.15) is 28.8 Å². The van der Waals surface area contributed by atoms with Gasteiger partial charge in [0.05, 0.1) is 46.7 Å². The Balaban J connectivity index is 1.60. The number of aryl methyl sites for hydroxylation is 1. The summed E-state index contributed by atoms with van der Waals surface area (Å²) in [5.41, 5.74) is 5.61. The summed E-state index contributed by atoms with van der Waals surface area (Å²) in [6.45, 7) is 0.0700. The SMILES string of the molecule is CNC(=O)c1c(-c2ccc(F)cc2)oc2cc(N(C)[S+](C)[O-])c(-c3ccc(CCCCO)c(-c4cc5c(F)cccc5[nH]4)n3)cc12. The number of hydrogen-bond donors (Lipinski definition) is 3. The second-order valence-electron chi connectivity index (χ2n) is 10.9. The molecule has 0 aliphatic carbocycles. The Bertz CT molecular complexity index is 2060. The number of aliphatic hydroxyl groups excluding tert-OH is 1. The molecule has 0 aliphatic heterocycles. The van der Waals surface area contributed by atoms with Crippen molar-refractivity contribution >= 4 is 44.8 Å². The number of anilines is 1. The van der Waals surface area contributed by atoms with Crippen molar-refractivity contribution in [3.05, 3.63) is 95.6 Å². The summed E-state index contributed by atoms with van der Waals surface area (Å²) in [4.78, 5) is 21.7. The highest BCUT2D eigenvalue weighted by molar-refractivity contribution is 7.92. The fourth-order valence-electron chi connectivity index (χ4n) is 5.64. The number of pyridine rings is 1. The molecular formula is C35H32F2N4O4S. The van der Waals surface area contributed by atoms with E-state index in [4.69, 9.17) is 9.40 Å². The maximum atomic E-state index is 14.7. The van der Waals surface area contributed by atoms with Crippen LogP contribution in [0.5, 0.6) is 0 Å². The Morgan fingerprint density at radius 3 is 2.54 bits per heavy atom. The number of rotatable bonds is 10. The molecule has 0 fully saturated rings. The molecule has 0 aliphatic rings. The monoisotopic (exact) mass is 642 g/mol. The predicted molar refractivity (Wildman–Crippen MR) is 178 cm³/mol. The molecule has 8 nitrogen and oxygen atoms in total. The van der Waals surface area contributed by atoms with Crippen molar-refractivity contribution in [2.24, 2.45) is 0 Å². The zero-order chi connectivity index (χ0) is 32.5. The quantitative estimate of drug-likeness (QED) is 0.110. The third-order valence-electron chi connectivity index (χ3n) is 8.07. The molecule has 6 rings (SSSR count). The van der Waals surface area contributed by atoms with Gasteiger partial charge < -0.3 is 24.4 Å². The lowest BCUT2D eigenvalue weighted by molar-refractivity contribution is 0.0964. The normalized spacial score (nSPS) is 12.2. The maximum absolute atomic E-state index is 14.7. The highest BCUT2D eigenvalue weighted by Gasteiger charge is 2.27. The molecule has 3 N–H and O–H groups in total. The number of halogens is 2. The van der Waals surface area contributed by atoms with Gasteiger partial charge >= 0.3 is 0 Å². The third-order valence-corrected chi connectivity index (χ3v) is 9.03. The summed E-state index contributed by atoms with van der Waals surface area (Å²) in [5, 5.41) is 13.0. The van der Waals surface area contributed by atoms with Crippen LogP contribution in [-0.4, -0.2) is 52.5 Å². The van der Waals surface area contributed by atoms with Crippen LogP contribution in [0.2, 0.25) is 0 Å². The van der Waals surface area contributed by atoms with E-state index in [-0.39, 0.29) is 23.7 Å². The average Bonchev–Trinajstić information content (AvgIpc) is 3.66. The number of aliphatic hydroxyl groups is 1. The van der Waals surface area contributed by atoms with Crippen molar-refractivity contribution in [1.29, 1.82) is 0 Å². The van der Waals surface area contributed by atoms with Crippen LogP contribution in [0.15, 0.2) is 77.2 Å². The molecule has 0 spiro atoms. The van der Waals surface area contributed by atoms with Crippen molar-refractivity contribution in [2.45, 2.75) is 19.3 Å². The van der Waals surface area contributed by atoms with E-state index >= 15 is 0 Å². The largest absolute Gasteiger partial charge is 0.593 e. The van der Waals surface area contributed by atoms with Crippen molar-refractivity contribution < 1.29 is 27.7 Å². The van der Waals surface area contributed by atoms with Gasteiger partial charge in [0.25, 0.3) is 5.91 Å². The van der Waals surface area contributed by atoms with E-state index < -0.39 is 23.1 Å². The minimum Gasteiger partial charge on any atom is -0.593 e. The fraction of sp³-hybridized carbons (Fsp3) is 0.200. The van der Waals surface area contributed by atoms with Gasteiger partial charge in [-0.1, -0.05) is 12.1 Å². The predicted octanol–water partition coefficient (Wildman–Crippen LogP) is 6.99. The number of hydrogen-bond acceptors (Lipinski definition) is 6. The van der Waals surface area contributed by atoms with Gasteiger partial charge in [-0.15, -0.1) is 0 Å². The van der Waals surface area contributed by atoms with E-state index in [9.17, 15) is 23.2 Å². The topological polar surface area (TPSA) is 117 Å². The van der Waals surface area contributed by atoms with Gasteiger partial charge in [0.15, 0.2) is 0 Å². The zero-order valence-electron chi connectivity index (χ0n) is 25.5. The molecule has 3 aromatic heterocycles. The van der Waals surface area contributed by atoms with Crippen LogP contribution in [0.4, 0.5) is 14.5 Å². The molecule has 1 unspecified atom stereocenters. The zero-order valence-corrected chi connectivity index (χ0v) is 26.3. The summed E-state index contributed by atoms with van der Waals surface area (Å²) >= 11 is -1.43. The number of benzene rings is 3. The number of nitrogens with zero attached hydrogens (tertiary/aromatic N) is 2. The number of amides is 1. The molecule has 0 saturated heterocycles. The number of nitrogens with one attached hydrogen (secondary N) is 2. The lowest BCUT2D eigenvalue weighted by atomic mass is 9.99. The average molecular weight is 643 g/mol. The van der Waals surface area contributed by atoms with Crippen LogP contribution < -0.4 is 9.62 Å². The number of H-pyrrole nitrogens is 1. The molecule has 0 bridgehead atoms. The molecule has 236 valence electrons. The van der Waals surface area contributed by atoms with Gasteiger partial charge in [-0.3, -0.25) is 4.79 Å². The summed E-state index contributed by atoms with van der Waals surface area (Å²) < 4.78 is 49.1. The van der Waals surface area contributed by atoms with Gasteiger partial charge in [-0.2, -0.15) is 4.31 Å². The van der Waals surface area contributed by atoms with E-state index in [2.05, 4.69) is 10.3 Å². The standard InChI is InChI=1S/C35H32F2N4O4S/c1-38-35(43)32-25-17-24(30(41(2)46(3)44)19-31(25)45-34(32)21-10-13-22(36)14-11-21)28-15-12-20(7-4-5-16-42)33(40-28)29-18-23-26(37)8-6-9-27(23)39-29/h6,8-15,17-19,39,42H,4-5,7,16H2,1-3H3,(H,38,43). The third kappa shape index (κ3) is 5.84. The second-order valence-corrected chi connectivity index (χ2v) is 12.3. The lowest BCUT2D eigenvalue weighted by Gasteiger charge is -2.22. The van der Waals surface area contributed by atoms with Gasteiger partial charge in [0.2, 0.25) is 0 Å². The van der Waals surface area contributed by atoms with E-state index in [1.54, 1.807) is 60.1 Å². The molecule has 0 saturated carbocycles. The van der Waals surface area contributed by atoms with E-state index in [1.165, 1.54) is 25.2 Å². The van der Waals surface area contributed by atoms with Crippen LogP contribution in [0.3, 0.4) is 0 Å². The molecule has 3 aromatic carbocycles. The van der Waals surface area contributed by atoms with Crippen LogP contribution >= 0.6 is 0 Å². The minimum absolute atomic E-state index is 0.0700. The van der Waals surface area contributed by atoms with Crippen molar-refractivity contribution in [3.63, 3.8) is 0 Å². The molecule has 6 aromatic rings. The first-order valence-electron chi connectivity index (χ1n) is 14.7. The summed E-state index contributed by atoms with van der Waals surface area (Å²) in [6, 6.07) is 19.6. The van der Waals surface area contributed by atoms with Gasteiger partial charge in [0, 0.05) is 47.1 Å². The Morgan fingerprint density at radius 2 is 1.85 bits per heavy atom. The molecule has 1 amide bonds.